The predicted molar refractivity (Wildman–Crippen MR) is 154 cm³/mol. The Labute approximate surface area is 229 Å². The van der Waals surface area contributed by atoms with Crippen LogP contribution in [0.5, 0.6) is 0 Å². The average Bonchev–Trinajstić information content (AvgIpc) is 2.92. The van der Waals surface area contributed by atoms with E-state index >= 15 is 0 Å². The van der Waals surface area contributed by atoms with Crippen molar-refractivity contribution in [1.82, 2.24) is 4.90 Å². The zero-order valence-electron chi connectivity index (χ0n) is 23.6. The molecule has 0 aliphatic heterocycles. The molecule has 0 aliphatic rings. The van der Waals surface area contributed by atoms with Gasteiger partial charge in [0.15, 0.2) is 0 Å². The summed E-state index contributed by atoms with van der Waals surface area (Å²) in [5.41, 5.74) is 2.51. The minimum Gasteiger partial charge on any atom is -0.461 e. The second-order valence-corrected chi connectivity index (χ2v) is 9.49. The molecule has 0 bridgehead atoms. The Hall–Kier alpha value is -3.85. The van der Waals surface area contributed by atoms with Crippen molar-refractivity contribution in [2.24, 2.45) is 0 Å². The maximum atomic E-state index is 13.2. The number of carbonyl (C=O) groups excluding carboxylic acids is 2. The van der Waals surface area contributed by atoms with Crippen LogP contribution in [0.4, 0.5) is 16.2 Å². The van der Waals surface area contributed by atoms with Crippen molar-refractivity contribution in [1.29, 1.82) is 0 Å². The summed E-state index contributed by atoms with van der Waals surface area (Å²) < 4.78 is 16.4. The fourth-order valence-corrected chi connectivity index (χ4v) is 4.16. The van der Waals surface area contributed by atoms with Crippen LogP contribution in [0, 0.1) is 0 Å². The van der Waals surface area contributed by atoms with Gasteiger partial charge in [-0.15, -0.1) is 0 Å². The summed E-state index contributed by atoms with van der Waals surface area (Å²) in [6.07, 6.45) is 1.13. The summed E-state index contributed by atoms with van der Waals surface area (Å²) in [6, 6.07) is 13.8. The minimum atomic E-state index is -0.536. The van der Waals surface area contributed by atoms with E-state index in [2.05, 4.69) is 18.7 Å². The normalized spacial score (nSPS) is 11.0. The predicted octanol–water partition coefficient (Wildman–Crippen LogP) is 5.30. The van der Waals surface area contributed by atoms with Crippen molar-refractivity contribution in [3.63, 3.8) is 0 Å². The van der Waals surface area contributed by atoms with Gasteiger partial charge in [0.1, 0.15) is 18.8 Å². The molecule has 0 spiro atoms. The van der Waals surface area contributed by atoms with Crippen molar-refractivity contribution in [2.75, 3.05) is 56.7 Å². The van der Waals surface area contributed by atoms with Crippen LogP contribution in [0.2, 0.25) is 0 Å². The highest BCUT2D eigenvalue weighted by Gasteiger charge is 2.19. The van der Waals surface area contributed by atoms with Crippen LogP contribution in [-0.4, -0.2) is 63.8 Å². The molecule has 1 aromatic heterocycles. The highest BCUT2D eigenvalue weighted by Crippen LogP contribution is 2.25. The molecule has 0 saturated carbocycles. The summed E-state index contributed by atoms with van der Waals surface area (Å²) >= 11 is 0. The molecule has 3 aromatic rings. The monoisotopic (exact) mass is 537 g/mol. The summed E-state index contributed by atoms with van der Waals surface area (Å²) in [7, 11) is 3.82. The lowest BCUT2D eigenvalue weighted by molar-refractivity contribution is 0.0482. The first-order valence-corrected chi connectivity index (χ1v) is 13.4. The molecule has 1 amide bonds. The average molecular weight is 538 g/mol. The van der Waals surface area contributed by atoms with Crippen molar-refractivity contribution in [3.05, 3.63) is 70.1 Å². The number of unbranched alkanes of at least 4 members (excludes halogenated alkanes) is 1. The van der Waals surface area contributed by atoms with Crippen molar-refractivity contribution in [3.8, 4) is 0 Å². The summed E-state index contributed by atoms with van der Waals surface area (Å²) in [4.78, 5) is 43.4. The third-order valence-electron chi connectivity index (χ3n) is 6.44. The zero-order valence-corrected chi connectivity index (χ0v) is 23.6. The summed E-state index contributed by atoms with van der Waals surface area (Å²) in [5.74, 6) is -0.412. The number of hydrogen-bond donors (Lipinski definition) is 0. The maximum Gasteiger partial charge on any atom is 0.414 e. The number of esters is 1. The number of carbonyl (C=O) groups is 2. The van der Waals surface area contributed by atoms with Crippen LogP contribution >= 0.6 is 0 Å². The van der Waals surface area contributed by atoms with Gasteiger partial charge < -0.3 is 23.7 Å². The largest absolute Gasteiger partial charge is 0.461 e. The van der Waals surface area contributed by atoms with Crippen LogP contribution in [0.3, 0.4) is 0 Å². The van der Waals surface area contributed by atoms with E-state index in [9.17, 15) is 14.4 Å². The highest BCUT2D eigenvalue weighted by atomic mass is 16.6. The van der Waals surface area contributed by atoms with E-state index in [0.717, 1.165) is 37.0 Å². The molecule has 9 heteroatoms. The van der Waals surface area contributed by atoms with Gasteiger partial charge in [0, 0.05) is 60.6 Å². The van der Waals surface area contributed by atoms with Gasteiger partial charge in [-0.05, 0) is 70.8 Å². The number of hydrogen-bond acceptors (Lipinski definition) is 8. The van der Waals surface area contributed by atoms with Gasteiger partial charge in [-0.1, -0.05) is 13.3 Å². The Morgan fingerprint density at radius 1 is 0.872 bits per heavy atom. The molecular formula is C30H39N3O6. The van der Waals surface area contributed by atoms with E-state index in [1.807, 2.05) is 44.1 Å². The van der Waals surface area contributed by atoms with E-state index in [-0.39, 0.29) is 6.61 Å². The molecule has 1 heterocycles. The molecule has 9 nitrogen and oxygen atoms in total. The van der Waals surface area contributed by atoms with Gasteiger partial charge in [-0.25, -0.2) is 14.4 Å². The first-order chi connectivity index (χ1) is 18.8. The molecule has 0 atom stereocenters. The Morgan fingerprint density at radius 2 is 1.56 bits per heavy atom. The van der Waals surface area contributed by atoms with E-state index < -0.39 is 17.7 Å². The number of rotatable bonds is 13. The number of ether oxygens (including phenoxy) is 2. The van der Waals surface area contributed by atoms with Gasteiger partial charge in [-0.2, -0.15) is 0 Å². The van der Waals surface area contributed by atoms with Crippen molar-refractivity contribution >= 4 is 34.4 Å². The SMILES string of the molecule is CCCCN(C(=O)OCc1cc(=O)oc2cc(N(CC)CC)ccc12)c1ccc(C(=O)OCCN(C)C)cc1. The standard InChI is InChI=1S/C30H39N3O6/c1-6-9-16-33(24-12-10-22(11-13-24)29(35)37-18-17-31(4)5)30(36)38-21-23-19-28(34)39-27-20-25(14-15-26(23)27)32(7-2)8-3/h10-15,19-20H,6-9,16-18,21H2,1-5H3. The number of fused-ring (bicyclic) bond motifs is 1. The Balaban J connectivity index is 1.75. The van der Waals surface area contributed by atoms with E-state index in [0.29, 0.717) is 42.1 Å². The van der Waals surface area contributed by atoms with Crippen LogP contribution in [0.25, 0.3) is 11.0 Å². The molecular weight excluding hydrogens is 498 g/mol. The van der Waals surface area contributed by atoms with Gasteiger partial charge in [0.05, 0.1) is 5.56 Å². The maximum absolute atomic E-state index is 13.2. The van der Waals surface area contributed by atoms with Gasteiger partial charge in [0.25, 0.3) is 0 Å². The first kappa shape index (κ1) is 29.7. The quantitative estimate of drug-likeness (QED) is 0.214. The number of likely N-dealkylation sites (N-methyl/N-ethyl adjacent to an activating group) is 1. The number of nitrogens with zero attached hydrogens (tertiary/aromatic N) is 3. The molecule has 39 heavy (non-hydrogen) atoms. The van der Waals surface area contributed by atoms with E-state index in [4.69, 9.17) is 13.9 Å². The third kappa shape index (κ3) is 8.07. The lowest BCUT2D eigenvalue weighted by atomic mass is 10.1. The fraction of sp³-hybridized carbons (Fsp3) is 0.433. The van der Waals surface area contributed by atoms with Gasteiger partial charge >= 0.3 is 17.7 Å². The molecule has 0 radical (unpaired) electrons. The zero-order chi connectivity index (χ0) is 28.4. The molecule has 0 N–H and O–H groups in total. The number of anilines is 2. The lowest BCUT2D eigenvalue weighted by Gasteiger charge is -2.23. The molecule has 0 aliphatic carbocycles. The molecule has 0 saturated heterocycles. The third-order valence-corrected chi connectivity index (χ3v) is 6.44. The Bertz CT molecular complexity index is 1300. The number of benzene rings is 2. The smallest absolute Gasteiger partial charge is 0.414 e. The Morgan fingerprint density at radius 3 is 2.21 bits per heavy atom. The Kier molecular flexibility index (Phi) is 10.9. The van der Waals surface area contributed by atoms with Crippen LogP contribution < -0.4 is 15.4 Å². The molecule has 0 fully saturated rings. The van der Waals surface area contributed by atoms with Crippen LogP contribution in [0.15, 0.2) is 57.7 Å². The van der Waals surface area contributed by atoms with Crippen molar-refractivity contribution in [2.45, 2.75) is 40.2 Å². The lowest BCUT2D eigenvalue weighted by Crippen LogP contribution is -2.32. The fourth-order valence-electron chi connectivity index (χ4n) is 4.16. The first-order valence-electron chi connectivity index (χ1n) is 13.4. The van der Waals surface area contributed by atoms with Crippen LogP contribution in [0.1, 0.15) is 49.5 Å². The number of amides is 1. The second kappa shape index (κ2) is 14.3. The molecule has 210 valence electrons. The molecule has 2 aromatic carbocycles. The second-order valence-electron chi connectivity index (χ2n) is 9.49. The topological polar surface area (TPSA) is 92.5 Å². The molecule has 0 unspecified atom stereocenters. The highest BCUT2D eigenvalue weighted by molar-refractivity contribution is 5.92. The minimum absolute atomic E-state index is 0.0789. The van der Waals surface area contributed by atoms with Gasteiger partial charge in [-0.3, -0.25) is 4.90 Å². The van der Waals surface area contributed by atoms with Crippen LogP contribution in [-0.2, 0) is 16.1 Å². The van der Waals surface area contributed by atoms with Crippen molar-refractivity contribution < 1.29 is 23.5 Å². The molecule has 3 rings (SSSR count). The summed E-state index contributed by atoms with van der Waals surface area (Å²) in [6.45, 7) is 9.13. The van der Waals surface area contributed by atoms with E-state index in [1.54, 1.807) is 24.3 Å². The van der Waals surface area contributed by atoms with E-state index in [1.165, 1.54) is 11.0 Å². The summed E-state index contributed by atoms with van der Waals surface area (Å²) in [5, 5.41) is 0.718. The van der Waals surface area contributed by atoms with Gasteiger partial charge in [0.2, 0.25) is 0 Å².